The van der Waals surface area contributed by atoms with Crippen LogP contribution in [-0.2, 0) is 9.53 Å². The van der Waals surface area contributed by atoms with E-state index in [0.29, 0.717) is 18.9 Å². The normalized spacial score (nSPS) is 11.1. The molecule has 0 heterocycles. The van der Waals surface area contributed by atoms with Crippen LogP contribution in [0.25, 0.3) is 0 Å². The van der Waals surface area contributed by atoms with Gasteiger partial charge in [0.2, 0.25) is 0 Å². The molecule has 0 fully saturated rings. The molecule has 0 radical (unpaired) electrons. The average molecular weight is 391 g/mol. The van der Waals surface area contributed by atoms with Crippen molar-refractivity contribution < 1.29 is 9.53 Å². The van der Waals surface area contributed by atoms with Gasteiger partial charge in [-0.25, -0.2) is 0 Å². The number of alkyl halides is 1. The largest absolute Gasteiger partial charge is 0.465 e. The summed E-state index contributed by atoms with van der Waals surface area (Å²) < 4.78 is 5.55. The third-order valence-corrected chi connectivity index (χ3v) is 4.99. The van der Waals surface area contributed by atoms with Crippen LogP contribution in [0.5, 0.6) is 0 Å². The number of rotatable bonds is 17. The minimum absolute atomic E-state index is 0.00619. The van der Waals surface area contributed by atoms with E-state index in [-0.39, 0.29) is 5.97 Å². The summed E-state index contributed by atoms with van der Waals surface area (Å²) in [5.74, 6) is 0.585. The van der Waals surface area contributed by atoms with Gasteiger partial charge in [-0.1, -0.05) is 87.6 Å². The summed E-state index contributed by atoms with van der Waals surface area (Å²) in [4.78, 5) is 11.8. The Kier molecular flexibility index (Phi) is 18.3. The summed E-state index contributed by atoms with van der Waals surface area (Å²) in [5.41, 5.74) is 0. The van der Waals surface area contributed by atoms with Gasteiger partial charge in [0.1, 0.15) is 0 Å². The van der Waals surface area contributed by atoms with Crippen molar-refractivity contribution in [2.75, 3.05) is 11.9 Å². The summed E-state index contributed by atoms with van der Waals surface area (Å²) in [7, 11) is 0. The lowest BCUT2D eigenvalue weighted by atomic mass is 9.95. The molecule has 0 aliphatic carbocycles. The van der Waals surface area contributed by atoms with E-state index in [1.165, 1.54) is 64.2 Å². The topological polar surface area (TPSA) is 26.3 Å². The average Bonchev–Trinajstić information content (AvgIpc) is 2.56. The minimum atomic E-state index is 0.00619. The van der Waals surface area contributed by atoms with Gasteiger partial charge in [-0.15, -0.1) is 0 Å². The SMILES string of the molecule is CCCCCCC(CCCCCC)COC(=O)CCCCCBr. The number of hydrogen-bond acceptors (Lipinski definition) is 2. The molecule has 0 aliphatic rings. The lowest BCUT2D eigenvalue weighted by Crippen LogP contribution is -2.14. The summed E-state index contributed by atoms with van der Waals surface area (Å²) in [5, 5.41) is 1.03. The fraction of sp³-hybridized carbons (Fsp3) is 0.950. The molecule has 0 rings (SSSR count). The van der Waals surface area contributed by atoms with Crippen LogP contribution in [0.15, 0.2) is 0 Å². The number of esters is 1. The van der Waals surface area contributed by atoms with Crippen molar-refractivity contribution in [1.82, 2.24) is 0 Å². The van der Waals surface area contributed by atoms with E-state index in [1.54, 1.807) is 0 Å². The molecule has 0 aromatic carbocycles. The molecule has 0 unspecified atom stereocenters. The maximum atomic E-state index is 11.8. The zero-order valence-corrected chi connectivity index (χ0v) is 17.2. The summed E-state index contributed by atoms with van der Waals surface area (Å²) >= 11 is 3.42. The van der Waals surface area contributed by atoms with E-state index < -0.39 is 0 Å². The van der Waals surface area contributed by atoms with Crippen LogP contribution in [0.1, 0.15) is 104 Å². The Hall–Kier alpha value is -0.0500. The van der Waals surface area contributed by atoms with Crippen molar-refractivity contribution in [3.05, 3.63) is 0 Å². The molecule has 0 atom stereocenters. The first kappa shape index (κ1) is 22.9. The maximum Gasteiger partial charge on any atom is 0.305 e. The van der Waals surface area contributed by atoms with Crippen molar-refractivity contribution in [3.63, 3.8) is 0 Å². The Morgan fingerprint density at radius 3 is 1.91 bits per heavy atom. The third kappa shape index (κ3) is 16.6. The molecule has 0 aromatic heterocycles. The quantitative estimate of drug-likeness (QED) is 0.151. The fourth-order valence-electron chi connectivity index (χ4n) is 2.85. The van der Waals surface area contributed by atoms with Crippen molar-refractivity contribution in [2.45, 2.75) is 104 Å². The third-order valence-electron chi connectivity index (χ3n) is 4.43. The Labute approximate surface area is 153 Å². The van der Waals surface area contributed by atoms with Crippen LogP contribution in [0.2, 0.25) is 0 Å². The Morgan fingerprint density at radius 1 is 0.826 bits per heavy atom. The highest BCUT2D eigenvalue weighted by atomic mass is 79.9. The molecule has 138 valence electrons. The zero-order chi connectivity index (χ0) is 17.2. The number of unbranched alkanes of at least 4 members (excludes halogenated alkanes) is 8. The molecule has 23 heavy (non-hydrogen) atoms. The second-order valence-electron chi connectivity index (χ2n) is 6.75. The molecule has 0 N–H and O–H groups in total. The van der Waals surface area contributed by atoms with E-state index in [1.807, 2.05) is 0 Å². The first-order valence-corrected chi connectivity index (χ1v) is 11.1. The van der Waals surface area contributed by atoms with Crippen LogP contribution >= 0.6 is 15.9 Å². The van der Waals surface area contributed by atoms with E-state index >= 15 is 0 Å². The predicted molar refractivity (Wildman–Crippen MR) is 104 cm³/mol. The summed E-state index contributed by atoms with van der Waals surface area (Å²) in [6.45, 7) is 5.15. The van der Waals surface area contributed by atoms with Crippen LogP contribution < -0.4 is 0 Å². The molecule has 0 spiro atoms. The van der Waals surface area contributed by atoms with Crippen LogP contribution in [-0.4, -0.2) is 17.9 Å². The molecule has 0 aliphatic heterocycles. The number of carbonyl (C=O) groups is 1. The van der Waals surface area contributed by atoms with Gasteiger partial charge in [-0.05, 0) is 31.6 Å². The highest BCUT2D eigenvalue weighted by Crippen LogP contribution is 2.19. The van der Waals surface area contributed by atoms with Gasteiger partial charge in [0, 0.05) is 11.8 Å². The summed E-state index contributed by atoms with van der Waals surface area (Å²) in [6.07, 6.45) is 16.7. The maximum absolute atomic E-state index is 11.8. The number of hydrogen-bond donors (Lipinski definition) is 0. The molecular weight excluding hydrogens is 352 g/mol. The van der Waals surface area contributed by atoms with E-state index in [2.05, 4.69) is 29.8 Å². The molecule has 0 aromatic rings. The second kappa shape index (κ2) is 18.3. The molecule has 0 saturated carbocycles. The Bertz CT molecular complexity index is 244. The smallest absolute Gasteiger partial charge is 0.305 e. The molecule has 2 nitrogen and oxygen atoms in total. The number of ether oxygens (including phenoxy) is 1. The van der Waals surface area contributed by atoms with Crippen LogP contribution in [0, 0.1) is 5.92 Å². The Balaban J connectivity index is 3.89. The van der Waals surface area contributed by atoms with Gasteiger partial charge in [0.05, 0.1) is 6.61 Å². The standard InChI is InChI=1S/C20H39BrO2/c1-3-5-7-10-14-19(15-11-8-6-4-2)18-23-20(22)16-12-9-13-17-21/h19H,3-18H2,1-2H3. The molecule has 3 heteroatoms. The predicted octanol–water partition coefficient (Wildman–Crippen LogP) is 7.04. The first-order valence-electron chi connectivity index (χ1n) is 9.96. The van der Waals surface area contributed by atoms with Crippen molar-refractivity contribution in [1.29, 1.82) is 0 Å². The monoisotopic (exact) mass is 390 g/mol. The van der Waals surface area contributed by atoms with Crippen molar-refractivity contribution >= 4 is 21.9 Å². The lowest BCUT2D eigenvalue weighted by molar-refractivity contribution is -0.145. The van der Waals surface area contributed by atoms with Gasteiger partial charge in [0.25, 0.3) is 0 Å². The van der Waals surface area contributed by atoms with Gasteiger partial charge in [0.15, 0.2) is 0 Å². The van der Waals surface area contributed by atoms with E-state index in [0.717, 1.165) is 24.6 Å². The molecule has 0 bridgehead atoms. The van der Waals surface area contributed by atoms with Gasteiger partial charge >= 0.3 is 5.97 Å². The highest BCUT2D eigenvalue weighted by molar-refractivity contribution is 9.09. The zero-order valence-electron chi connectivity index (χ0n) is 15.6. The number of carbonyl (C=O) groups excluding carboxylic acids is 1. The highest BCUT2D eigenvalue weighted by Gasteiger charge is 2.12. The van der Waals surface area contributed by atoms with E-state index in [4.69, 9.17) is 4.74 Å². The fourth-order valence-corrected chi connectivity index (χ4v) is 3.25. The van der Waals surface area contributed by atoms with Gasteiger partial charge < -0.3 is 4.74 Å². The second-order valence-corrected chi connectivity index (χ2v) is 7.54. The molecule has 0 saturated heterocycles. The summed E-state index contributed by atoms with van der Waals surface area (Å²) in [6, 6.07) is 0. The van der Waals surface area contributed by atoms with Crippen molar-refractivity contribution in [3.8, 4) is 0 Å². The Morgan fingerprint density at radius 2 is 1.39 bits per heavy atom. The van der Waals surface area contributed by atoms with E-state index in [9.17, 15) is 4.79 Å². The number of halogens is 1. The van der Waals surface area contributed by atoms with Crippen molar-refractivity contribution in [2.24, 2.45) is 5.92 Å². The van der Waals surface area contributed by atoms with Gasteiger partial charge in [-0.3, -0.25) is 4.79 Å². The molecule has 0 amide bonds. The molecular formula is C20H39BrO2. The van der Waals surface area contributed by atoms with Crippen LogP contribution in [0.4, 0.5) is 0 Å². The lowest BCUT2D eigenvalue weighted by Gasteiger charge is -2.17. The first-order chi connectivity index (χ1) is 11.2. The van der Waals surface area contributed by atoms with Crippen LogP contribution in [0.3, 0.4) is 0 Å². The minimum Gasteiger partial charge on any atom is -0.465 e. The van der Waals surface area contributed by atoms with Gasteiger partial charge in [-0.2, -0.15) is 0 Å².